The van der Waals surface area contributed by atoms with Gasteiger partial charge in [-0.25, -0.2) is 9.18 Å². The van der Waals surface area contributed by atoms with Crippen LogP contribution in [0.5, 0.6) is 5.75 Å². The lowest BCUT2D eigenvalue weighted by atomic mass is 10.0. The minimum Gasteiger partial charge on any atom is -0.508 e. The molecule has 1 aliphatic heterocycles. The van der Waals surface area contributed by atoms with E-state index in [1.165, 1.54) is 26.2 Å². The summed E-state index contributed by atoms with van der Waals surface area (Å²) in [4.78, 5) is 43.7. The van der Waals surface area contributed by atoms with Crippen LogP contribution in [-0.4, -0.2) is 64.9 Å². The third-order valence-electron chi connectivity index (χ3n) is 9.26. The molecule has 1 aliphatic rings. The van der Waals surface area contributed by atoms with Crippen LogP contribution < -0.4 is 21.5 Å². The Hall–Kier alpha value is -5.10. The molecule has 292 valence electrons. The van der Waals surface area contributed by atoms with Gasteiger partial charge in [0.15, 0.2) is 0 Å². The number of esters is 1. The Labute approximate surface area is 304 Å². The number of methoxy groups -OCH3 is 1. The van der Waals surface area contributed by atoms with Crippen molar-refractivity contribution < 1.29 is 49.8 Å². The van der Waals surface area contributed by atoms with E-state index in [9.17, 15) is 45.8 Å². The molecular formula is C36H38F7N5O6. The molecule has 0 bridgehead atoms. The topological polar surface area (TPSA) is 122 Å². The molecule has 2 N–H and O–H groups in total. The number of hydrogen-bond donors (Lipinski definition) is 2. The summed E-state index contributed by atoms with van der Waals surface area (Å²) in [6, 6.07) is 9.67. The summed E-state index contributed by atoms with van der Waals surface area (Å²) in [5.74, 6) is -2.93. The summed E-state index contributed by atoms with van der Waals surface area (Å²) >= 11 is 0. The highest BCUT2D eigenvalue weighted by atomic mass is 19.4. The second-order valence-electron chi connectivity index (χ2n) is 12.8. The van der Waals surface area contributed by atoms with Crippen molar-refractivity contribution in [2.24, 2.45) is 0 Å². The van der Waals surface area contributed by atoms with Gasteiger partial charge >= 0.3 is 24.0 Å². The van der Waals surface area contributed by atoms with Gasteiger partial charge in [-0.3, -0.25) is 23.6 Å². The zero-order chi connectivity index (χ0) is 39.4. The Kier molecular flexibility index (Phi) is 12.3. The van der Waals surface area contributed by atoms with Crippen LogP contribution in [0.1, 0.15) is 52.8 Å². The number of aromatic hydroxyl groups is 1. The lowest BCUT2D eigenvalue weighted by Crippen LogP contribution is -2.51. The van der Waals surface area contributed by atoms with E-state index in [0.29, 0.717) is 6.07 Å². The maximum absolute atomic E-state index is 15.1. The van der Waals surface area contributed by atoms with Crippen molar-refractivity contribution in [2.75, 3.05) is 44.7 Å². The number of aromatic nitrogens is 2. The van der Waals surface area contributed by atoms with Gasteiger partial charge in [0, 0.05) is 49.4 Å². The van der Waals surface area contributed by atoms with Crippen LogP contribution in [0.25, 0.3) is 0 Å². The maximum Gasteiger partial charge on any atom is 0.449 e. The number of nitrogens with zero attached hydrogens (tertiary/aromatic N) is 4. The summed E-state index contributed by atoms with van der Waals surface area (Å²) in [5.41, 5.74) is -3.74. The second kappa shape index (κ2) is 16.5. The Bertz CT molecular complexity index is 2070. The van der Waals surface area contributed by atoms with Crippen LogP contribution in [0, 0.1) is 12.7 Å². The van der Waals surface area contributed by atoms with E-state index in [0.717, 1.165) is 27.3 Å². The predicted molar refractivity (Wildman–Crippen MR) is 182 cm³/mol. The molecule has 1 fully saturated rings. The number of benzene rings is 2. The molecular weight excluding hydrogens is 731 g/mol. The van der Waals surface area contributed by atoms with Crippen molar-refractivity contribution in [3.05, 3.63) is 115 Å². The molecule has 0 radical (unpaired) electrons. The van der Waals surface area contributed by atoms with Crippen molar-refractivity contribution in [3.8, 4) is 5.75 Å². The number of hydrogen-bond acceptors (Lipinski definition) is 9. The molecule has 1 saturated heterocycles. The van der Waals surface area contributed by atoms with Crippen molar-refractivity contribution in [1.82, 2.24) is 19.4 Å². The fourth-order valence-electron chi connectivity index (χ4n) is 6.45. The number of rotatable bonds is 13. The van der Waals surface area contributed by atoms with E-state index in [1.54, 1.807) is 28.0 Å². The number of piperazine rings is 1. The number of carbonyl (C=O) groups is 1. The zero-order valence-electron chi connectivity index (χ0n) is 29.3. The third kappa shape index (κ3) is 9.15. The van der Waals surface area contributed by atoms with Crippen LogP contribution in [0.3, 0.4) is 0 Å². The minimum atomic E-state index is -4.97. The monoisotopic (exact) mass is 769 g/mol. The van der Waals surface area contributed by atoms with Crippen molar-refractivity contribution in [3.63, 3.8) is 0 Å². The lowest BCUT2D eigenvalue weighted by Gasteiger charge is -2.36. The Balaban J connectivity index is 1.54. The average molecular weight is 770 g/mol. The molecule has 4 aromatic rings. The first-order valence-electron chi connectivity index (χ1n) is 16.9. The van der Waals surface area contributed by atoms with Gasteiger partial charge in [0.2, 0.25) is 5.76 Å². The van der Waals surface area contributed by atoms with Gasteiger partial charge in [0.25, 0.3) is 5.56 Å². The van der Waals surface area contributed by atoms with Crippen molar-refractivity contribution in [1.29, 1.82) is 0 Å². The minimum absolute atomic E-state index is 0.0305. The fraction of sp³-hybridized carbons (Fsp3) is 0.417. The number of ether oxygens (including phenoxy) is 1. The summed E-state index contributed by atoms with van der Waals surface area (Å²) < 4.78 is 108. The third-order valence-corrected chi connectivity index (χ3v) is 9.26. The lowest BCUT2D eigenvalue weighted by molar-refractivity contribution is -0.153. The normalized spacial score (nSPS) is 14.7. The zero-order valence-corrected chi connectivity index (χ0v) is 29.3. The van der Waals surface area contributed by atoms with Crippen molar-refractivity contribution in [2.45, 2.75) is 57.8 Å². The number of para-hydroxylation sites is 1. The number of alkyl halides is 6. The molecule has 0 spiro atoms. The first-order chi connectivity index (χ1) is 25.5. The van der Waals surface area contributed by atoms with Crippen LogP contribution in [0.15, 0.2) is 68.6 Å². The predicted octanol–water partition coefficient (Wildman–Crippen LogP) is 5.45. The first-order valence-corrected chi connectivity index (χ1v) is 16.9. The van der Waals surface area contributed by atoms with Gasteiger partial charge in [-0.2, -0.15) is 26.3 Å². The summed E-state index contributed by atoms with van der Waals surface area (Å²) in [7, 11) is 1.23. The molecule has 0 saturated carbocycles. The molecule has 3 heterocycles. The molecule has 18 heteroatoms. The first kappa shape index (κ1) is 40.1. The molecule has 5 rings (SSSR count). The number of furan rings is 1. The van der Waals surface area contributed by atoms with E-state index < -0.39 is 71.4 Å². The van der Waals surface area contributed by atoms with Gasteiger partial charge < -0.3 is 24.5 Å². The van der Waals surface area contributed by atoms with Crippen LogP contribution >= 0.6 is 0 Å². The van der Waals surface area contributed by atoms with Crippen molar-refractivity contribution >= 4 is 11.7 Å². The number of phenols is 1. The number of phenolic OH excluding ortho intramolecular Hbond substituents is 1. The van der Waals surface area contributed by atoms with E-state index in [4.69, 9.17) is 4.42 Å². The summed E-state index contributed by atoms with van der Waals surface area (Å²) in [5, 5.41) is 13.9. The number of anilines is 1. The van der Waals surface area contributed by atoms with Gasteiger partial charge in [-0.15, -0.1) is 0 Å². The average Bonchev–Trinajstić information content (AvgIpc) is 3.60. The standard InChI is InChI=1S/C36H38F7N5O6/c1-22-32(46-17-15-45(16-18-46)19-23-12-13-30(54-23)36(41,42)43)33(51)48(34(52)47(22)20-25-26(35(38,39)40)8-5-9-27(25)37)21-28(24-7-3-4-10-29(24)49)44-14-6-11-31(50)53-2/h3-5,7-10,12-13,28,44,49H,6,11,14-21H2,1-2H3/t28-/m0/s1. The molecule has 2 aromatic heterocycles. The quantitative estimate of drug-likeness (QED) is 0.104. The molecule has 11 nitrogen and oxygen atoms in total. The van der Waals surface area contributed by atoms with Crippen LogP contribution in [-0.2, 0) is 41.5 Å². The molecule has 2 aromatic carbocycles. The Morgan fingerprint density at radius 1 is 0.926 bits per heavy atom. The van der Waals surface area contributed by atoms with Gasteiger partial charge in [-0.1, -0.05) is 24.3 Å². The van der Waals surface area contributed by atoms with Crippen LogP contribution in [0.2, 0.25) is 0 Å². The highest BCUT2D eigenvalue weighted by Gasteiger charge is 2.36. The molecule has 0 aliphatic carbocycles. The van der Waals surface area contributed by atoms with Gasteiger partial charge in [0.1, 0.15) is 23.0 Å². The summed E-state index contributed by atoms with van der Waals surface area (Å²) in [6.07, 6.45) is -9.31. The molecule has 54 heavy (non-hydrogen) atoms. The summed E-state index contributed by atoms with van der Waals surface area (Å²) in [6.45, 7) is 0.980. The second-order valence-corrected chi connectivity index (χ2v) is 12.8. The molecule has 1 atom stereocenters. The molecule has 0 amide bonds. The van der Waals surface area contributed by atoms with Gasteiger partial charge in [-0.05, 0) is 50.2 Å². The van der Waals surface area contributed by atoms with E-state index >= 15 is 4.39 Å². The van der Waals surface area contributed by atoms with E-state index in [-0.39, 0.29) is 80.6 Å². The highest BCUT2D eigenvalue weighted by molar-refractivity contribution is 5.69. The highest BCUT2D eigenvalue weighted by Crippen LogP contribution is 2.34. The maximum atomic E-state index is 15.1. The van der Waals surface area contributed by atoms with Gasteiger partial charge in [0.05, 0.1) is 38.3 Å². The fourth-order valence-corrected chi connectivity index (χ4v) is 6.45. The number of carbonyl (C=O) groups excluding carboxylic acids is 1. The Morgan fingerprint density at radius 2 is 1.63 bits per heavy atom. The van der Waals surface area contributed by atoms with E-state index in [2.05, 4.69) is 10.1 Å². The number of nitrogens with one attached hydrogen (secondary N) is 1. The number of halogens is 7. The van der Waals surface area contributed by atoms with E-state index in [1.807, 2.05) is 0 Å². The molecule has 0 unspecified atom stereocenters. The SMILES string of the molecule is COC(=O)CCCN[C@@H](Cn1c(=O)c(N2CCN(Cc3ccc(C(F)(F)F)o3)CC2)c(C)n(Cc2c(F)cccc2C(F)(F)F)c1=O)c1ccccc1O. The Morgan fingerprint density at radius 3 is 2.26 bits per heavy atom. The van der Waals surface area contributed by atoms with Crippen LogP contribution in [0.4, 0.5) is 36.4 Å². The smallest absolute Gasteiger partial charge is 0.449 e. The largest absolute Gasteiger partial charge is 0.508 e.